The van der Waals surface area contributed by atoms with Crippen LogP contribution < -0.4 is 4.80 Å². The zero-order valence-corrected chi connectivity index (χ0v) is 16.7. The number of furan rings is 2. The molecule has 0 aliphatic rings. The van der Waals surface area contributed by atoms with Crippen LogP contribution in [0.15, 0.2) is 73.0 Å². The van der Waals surface area contributed by atoms with Crippen molar-refractivity contribution in [2.24, 2.45) is 10.1 Å². The highest BCUT2D eigenvalue weighted by Gasteiger charge is 2.13. The highest BCUT2D eigenvalue weighted by atomic mass is 35.5. The van der Waals surface area contributed by atoms with Crippen LogP contribution in [0.4, 0.5) is 11.6 Å². The molecule has 11 heteroatoms. The van der Waals surface area contributed by atoms with Crippen LogP contribution in [0.5, 0.6) is 0 Å². The normalized spacial score (nSPS) is 12.1. The molecule has 0 aliphatic heterocycles. The molecule has 0 aliphatic carbocycles. The van der Waals surface area contributed by atoms with E-state index < -0.39 is 4.92 Å². The van der Waals surface area contributed by atoms with Crippen molar-refractivity contribution in [2.45, 2.75) is 0 Å². The molecular formula is C18H10Cl2N4O4S. The molecule has 0 spiro atoms. The maximum atomic E-state index is 10.8. The summed E-state index contributed by atoms with van der Waals surface area (Å²) in [6, 6.07) is 11.2. The maximum absolute atomic E-state index is 10.8. The number of rotatable bonds is 5. The van der Waals surface area contributed by atoms with E-state index in [1.807, 2.05) is 5.38 Å². The number of nitrogens with zero attached hydrogens (tertiary/aromatic N) is 4. The minimum atomic E-state index is -0.618. The van der Waals surface area contributed by atoms with Gasteiger partial charge in [0, 0.05) is 10.4 Å². The predicted molar refractivity (Wildman–Crippen MR) is 110 cm³/mol. The number of halogens is 2. The number of nitro groups is 1. The Morgan fingerprint density at radius 2 is 2.07 bits per heavy atom. The van der Waals surface area contributed by atoms with Gasteiger partial charge in [-0.15, -0.1) is 11.3 Å². The summed E-state index contributed by atoms with van der Waals surface area (Å²) in [7, 11) is 0. The van der Waals surface area contributed by atoms with E-state index in [2.05, 4.69) is 10.1 Å². The van der Waals surface area contributed by atoms with Crippen LogP contribution in [0.3, 0.4) is 0 Å². The molecule has 0 bridgehead atoms. The Morgan fingerprint density at radius 3 is 2.76 bits per heavy atom. The van der Waals surface area contributed by atoms with Crippen molar-refractivity contribution < 1.29 is 13.8 Å². The molecule has 1 aromatic carbocycles. The predicted octanol–water partition coefficient (Wildman–Crippen LogP) is 5.73. The second-order valence-electron chi connectivity index (χ2n) is 5.58. The Bertz CT molecular complexity index is 1270. The molecule has 8 nitrogen and oxygen atoms in total. The highest BCUT2D eigenvalue weighted by Crippen LogP contribution is 2.28. The van der Waals surface area contributed by atoms with Crippen molar-refractivity contribution in [1.29, 1.82) is 0 Å². The van der Waals surface area contributed by atoms with E-state index in [0.717, 1.165) is 0 Å². The Kier molecular flexibility index (Phi) is 5.34. The number of hydrogen-bond donors (Lipinski definition) is 0. The van der Waals surface area contributed by atoms with E-state index in [0.29, 0.717) is 32.0 Å². The molecule has 0 saturated heterocycles. The number of hydrogen-bond acceptors (Lipinski definition) is 7. The Hall–Kier alpha value is -3.14. The highest BCUT2D eigenvalue weighted by molar-refractivity contribution is 7.07. The Balaban J connectivity index is 1.81. The van der Waals surface area contributed by atoms with Gasteiger partial charge < -0.3 is 8.83 Å². The lowest BCUT2D eigenvalue weighted by atomic mass is 10.3. The van der Waals surface area contributed by atoms with Gasteiger partial charge >= 0.3 is 5.88 Å². The molecule has 0 fully saturated rings. The molecular weight excluding hydrogens is 439 g/mol. The molecule has 0 amide bonds. The third-order valence-electron chi connectivity index (χ3n) is 3.68. The van der Waals surface area contributed by atoms with Crippen LogP contribution in [-0.2, 0) is 0 Å². The lowest BCUT2D eigenvalue weighted by Gasteiger charge is -2.01. The molecule has 3 heterocycles. The average Bonchev–Trinajstić information content (AvgIpc) is 3.43. The summed E-state index contributed by atoms with van der Waals surface area (Å²) in [4.78, 5) is 15.2. The van der Waals surface area contributed by atoms with E-state index >= 15 is 0 Å². The molecule has 0 atom stereocenters. The van der Waals surface area contributed by atoms with Gasteiger partial charge in [-0.1, -0.05) is 23.2 Å². The van der Waals surface area contributed by atoms with Crippen LogP contribution in [0.2, 0.25) is 10.0 Å². The number of thiazole rings is 1. The Morgan fingerprint density at radius 1 is 1.21 bits per heavy atom. The fourth-order valence-electron chi connectivity index (χ4n) is 2.38. The van der Waals surface area contributed by atoms with Crippen molar-refractivity contribution in [1.82, 2.24) is 4.68 Å². The summed E-state index contributed by atoms with van der Waals surface area (Å²) in [5.41, 5.74) is 1.16. The van der Waals surface area contributed by atoms with Crippen LogP contribution >= 0.6 is 34.5 Å². The van der Waals surface area contributed by atoms with E-state index in [1.165, 1.54) is 34.4 Å². The second kappa shape index (κ2) is 8.08. The number of aromatic nitrogens is 1. The quantitative estimate of drug-likeness (QED) is 0.221. The first kappa shape index (κ1) is 19.2. The molecule has 0 N–H and O–H groups in total. The lowest BCUT2D eigenvalue weighted by Crippen LogP contribution is -2.11. The molecule has 4 aromatic rings. The minimum Gasteiger partial charge on any atom is -0.463 e. The summed E-state index contributed by atoms with van der Waals surface area (Å²) < 4.78 is 12.1. The van der Waals surface area contributed by atoms with Gasteiger partial charge in [-0.25, -0.2) is 9.67 Å². The monoisotopic (exact) mass is 448 g/mol. The first-order valence-corrected chi connectivity index (χ1v) is 9.67. The van der Waals surface area contributed by atoms with Crippen molar-refractivity contribution in [3.8, 4) is 11.5 Å². The molecule has 146 valence electrons. The lowest BCUT2D eigenvalue weighted by molar-refractivity contribution is -0.402. The van der Waals surface area contributed by atoms with Gasteiger partial charge in [0.2, 0.25) is 4.80 Å². The van der Waals surface area contributed by atoms with E-state index in [9.17, 15) is 10.1 Å². The fourth-order valence-corrected chi connectivity index (χ4v) is 3.66. The van der Waals surface area contributed by atoms with Gasteiger partial charge in [-0.3, -0.25) is 10.1 Å². The smallest absolute Gasteiger partial charge is 0.433 e. The standard InChI is InChI=1S/C18H10Cl2N4O4S/c19-11-3-5-14(13(20)8-11)22-18-23(15(10-29-18)16-2-1-7-27-16)21-9-12-4-6-17(28-12)24(25)26/h1-10H. The van der Waals surface area contributed by atoms with Crippen LogP contribution in [-0.4, -0.2) is 15.8 Å². The summed E-state index contributed by atoms with van der Waals surface area (Å²) in [6.07, 6.45) is 2.90. The average molecular weight is 449 g/mol. The van der Waals surface area contributed by atoms with Crippen LogP contribution in [0, 0.1) is 10.1 Å². The van der Waals surface area contributed by atoms with Crippen LogP contribution in [0.25, 0.3) is 11.5 Å². The summed E-state index contributed by atoms with van der Waals surface area (Å²) >= 11 is 13.5. The van der Waals surface area contributed by atoms with Crippen molar-refractivity contribution in [3.63, 3.8) is 0 Å². The van der Waals surface area contributed by atoms with Gasteiger partial charge in [0.15, 0.2) is 11.5 Å². The topological polar surface area (TPSA) is 99.1 Å². The first-order chi connectivity index (χ1) is 14.0. The number of benzene rings is 1. The van der Waals surface area contributed by atoms with E-state index in [4.69, 9.17) is 32.0 Å². The minimum absolute atomic E-state index is 0.219. The van der Waals surface area contributed by atoms with Gasteiger partial charge in [-0.05, 0) is 36.4 Å². The van der Waals surface area contributed by atoms with Crippen molar-refractivity contribution in [3.05, 3.63) is 84.8 Å². The van der Waals surface area contributed by atoms with Crippen LogP contribution in [0.1, 0.15) is 5.76 Å². The van der Waals surface area contributed by atoms with Crippen molar-refractivity contribution >= 4 is 52.3 Å². The van der Waals surface area contributed by atoms with Gasteiger partial charge in [-0.2, -0.15) is 5.10 Å². The summed E-state index contributed by atoms with van der Waals surface area (Å²) in [5.74, 6) is 0.426. The fraction of sp³-hybridized carbons (Fsp3) is 0. The molecule has 29 heavy (non-hydrogen) atoms. The van der Waals surface area contributed by atoms with Crippen molar-refractivity contribution in [2.75, 3.05) is 0 Å². The van der Waals surface area contributed by atoms with Gasteiger partial charge in [0.25, 0.3) is 0 Å². The summed E-state index contributed by atoms with van der Waals surface area (Å²) in [5, 5.41) is 17.9. The third kappa shape index (κ3) is 4.16. The molecule has 4 rings (SSSR count). The summed E-state index contributed by atoms with van der Waals surface area (Å²) in [6.45, 7) is 0. The third-order valence-corrected chi connectivity index (χ3v) is 5.03. The van der Waals surface area contributed by atoms with Gasteiger partial charge in [0.1, 0.15) is 10.6 Å². The molecule has 3 aromatic heterocycles. The van der Waals surface area contributed by atoms with Gasteiger partial charge in [0.05, 0.1) is 29.3 Å². The SMILES string of the molecule is O=[N+]([O-])c1ccc(C=Nn2c(-c3ccco3)csc2=Nc2ccc(Cl)cc2Cl)o1. The zero-order chi connectivity index (χ0) is 20.4. The first-order valence-electron chi connectivity index (χ1n) is 8.04. The van der Waals surface area contributed by atoms with E-state index in [1.54, 1.807) is 36.6 Å². The van der Waals surface area contributed by atoms with E-state index in [-0.39, 0.29) is 11.6 Å². The zero-order valence-electron chi connectivity index (χ0n) is 14.4. The second-order valence-corrected chi connectivity index (χ2v) is 7.26. The molecule has 0 saturated carbocycles. The maximum Gasteiger partial charge on any atom is 0.433 e. The molecule has 0 radical (unpaired) electrons. The largest absolute Gasteiger partial charge is 0.463 e. The Labute approximate surface area is 177 Å². The molecule has 0 unspecified atom stereocenters.